The van der Waals surface area contributed by atoms with E-state index in [-0.39, 0.29) is 0 Å². The van der Waals surface area contributed by atoms with Crippen molar-refractivity contribution in [3.8, 4) is 6.07 Å². The van der Waals surface area contributed by atoms with Crippen LogP contribution in [0.5, 0.6) is 0 Å². The number of hydrogen-bond acceptors (Lipinski definition) is 3. The monoisotopic (exact) mass is 268 g/mol. The van der Waals surface area contributed by atoms with Gasteiger partial charge in [-0.1, -0.05) is 18.2 Å². The molecule has 96 valence electrons. The van der Waals surface area contributed by atoms with E-state index in [1.165, 1.54) is 29.7 Å². The summed E-state index contributed by atoms with van der Waals surface area (Å²) < 4.78 is 0. The number of nitriles is 1. The predicted molar refractivity (Wildman–Crippen MR) is 78.0 cm³/mol. The Balaban J connectivity index is 1.73. The summed E-state index contributed by atoms with van der Waals surface area (Å²) in [5.41, 5.74) is 3.33. The Morgan fingerprint density at radius 3 is 3.11 bits per heavy atom. The Labute approximate surface area is 117 Å². The zero-order chi connectivity index (χ0) is 13.1. The van der Waals surface area contributed by atoms with Gasteiger partial charge in [-0.2, -0.15) is 5.26 Å². The van der Waals surface area contributed by atoms with E-state index in [4.69, 9.17) is 5.26 Å². The van der Waals surface area contributed by atoms with Crippen molar-refractivity contribution >= 4 is 11.3 Å². The molecule has 3 heteroatoms. The summed E-state index contributed by atoms with van der Waals surface area (Å²) in [5, 5.41) is 14.9. The van der Waals surface area contributed by atoms with Gasteiger partial charge in [0.25, 0.3) is 0 Å². The molecule has 1 heterocycles. The van der Waals surface area contributed by atoms with E-state index in [1.807, 2.05) is 35.6 Å². The number of fused-ring (bicyclic) bond motifs is 1. The Morgan fingerprint density at radius 1 is 1.32 bits per heavy atom. The fraction of sp³-hybridized carbons (Fsp3) is 0.312. The minimum atomic E-state index is 0.446. The minimum absolute atomic E-state index is 0.446. The highest BCUT2D eigenvalue weighted by atomic mass is 32.1. The Bertz CT molecular complexity index is 609. The molecule has 1 aliphatic carbocycles. The van der Waals surface area contributed by atoms with Gasteiger partial charge in [0.15, 0.2) is 0 Å². The third kappa shape index (κ3) is 2.56. The van der Waals surface area contributed by atoms with E-state index >= 15 is 0 Å². The third-order valence-electron chi connectivity index (χ3n) is 3.73. The van der Waals surface area contributed by atoms with E-state index in [0.29, 0.717) is 6.04 Å². The van der Waals surface area contributed by atoms with Gasteiger partial charge in [-0.3, -0.25) is 0 Å². The second-order valence-electron chi connectivity index (χ2n) is 4.89. The van der Waals surface area contributed by atoms with Gasteiger partial charge in [0.1, 0.15) is 0 Å². The molecule has 0 amide bonds. The molecule has 0 bridgehead atoms. The van der Waals surface area contributed by atoms with Gasteiger partial charge in [-0.05, 0) is 47.9 Å². The Hall–Kier alpha value is -1.63. The van der Waals surface area contributed by atoms with Gasteiger partial charge in [0, 0.05) is 17.5 Å². The van der Waals surface area contributed by atoms with Crippen LogP contribution in [0.25, 0.3) is 0 Å². The van der Waals surface area contributed by atoms with Crippen LogP contribution in [0, 0.1) is 11.3 Å². The zero-order valence-electron chi connectivity index (χ0n) is 10.7. The van der Waals surface area contributed by atoms with E-state index in [1.54, 1.807) is 0 Å². The molecule has 1 unspecified atom stereocenters. The van der Waals surface area contributed by atoms with Crippen LogP contribution < -0.4 is 5.32 Å². The molecule has 0 fully saturated rings. The molecule has 0 saturated carbocycles. The molecule has 0 saturated heterocycles. The fourth-order valence-electron chi connectivity index (χ4n) is 2.72. The Morgan fingerprint density at radius 2 is 2.21 bits per heavy atom. The van der Waals surface area contributed by atoms with Crippen molar-refractivity contribution < 1.29 is 0 Å². The maximum absolute atomic E-state index is 9.10. The number of rotatable bonds is 3. The molecule has 2 aromatic rings. The number of nitrogens with zero attached hydrogens (tertiary/aromatic N) is 1. The lowest BCUT2D eigenvalue weighted by molar-refractivity contribution is 0.463. The molecule has 1 aromatic carbocycles. The number of thiophene rings is 1. The Kier molecular flexibility index (Phi) is 3.63. The summed E-state index contributed by atoms with van der Waals surface area (Å²) >= 11 is 1.87. The normalized spacial score (nSPS) is 17.7. The highest BCUT2D eigenvalue weighted by Crippen LogP contribution is 2.33. The standard InChI is InChI=1S/C16H16N2S/c17-10-12-4-1-2-5-13(12)11-18-15-6-3-7-16-14(15)8-9-19-16/h1-2,4-5,8-9,15,18H,3,6-7,11H2. The molecule has 1 aliphatic rings. The van der Waals surface area contributed by atoms with Gasteiger partial charge >= 0.3 is 0 Å². The first-order chi connectivity index (χ1) is 9.38. The average Bonchev–Trinajstić information content (AvgIpc) is 2.94. The van der Waals surface area contributed by atoms with Crippen LogP contribution in [0.2, 0.25) is 0 Å². The van der Waals surface area contributed by atoms with E-state index in [9.17, 15) is 0 Å². The van der Waals surface area contributed by atoms with E-state index in [0.717, 1.165) is 17.7 Å². The lowest BCUT2D eigenvalue weighted by Crippen LogP contribution is -2.24. The van der Waals surface area contributed by atoms with Crippen LogP contribution in [-0.2, 0) is 13.0 Å². The number of aryl methyl sites for hydroxylation is 1. The highest BCUT2D eigenvalue weighted by Gasteiger charge is 2.20. The van der Waals surface area contributed by atoms with Gasteiger partial charge in [-0.15, -0.1) is 11.3 Å². The third-order valence-corrected chi connectivity index (χ3v) is 4.73. The number of hydrogen-bond donors (Lipinski definition) is 1. The fourth-order valence-corrected chi connectivity index (χ4v) is 3.70. The number of nitrogens with one attached hydrogen (secondary N) is 1. The van der Waals surface area contributed by atoms with Gasteiger partial charge in [-0.25, -0.2) is 0 Å². The van der Waals surface area contributed by atoms with Crippen LogP contribution >= 0.6 is 11.3 Å². The summed E-state index contributed by atoms with van der Waals surface area (Å²) in [6, 6.07) is 12.8. The summed E-state index contributed by atoms with van der Waals surface area (Å²) in [6.07, 6.45) is 3.67. The van der Waals surface area contributed by atoms with Crippen molar-refractivity contribution in [2.45, 2.75) is 31.8 Å². The molecular formula is C16H16N2S. The minimum Gasteiger partial charge on any atom is -0.306 e. The summed E-state index contributed by atoms with van der Waals surface area (Å²) in [6.45, 7) is 0.768. The van der Waals surface area contributed by atoms with Crippen molar-refractivity contribution in [3.63, 3.8) is 0 Å². The van der Waals surface area contributed by atoms with Crippen molar-refractivity contribution in [2.75, 3.05) is 0 Å². The molecular weight excluding hydrogens is 252 g/mol. The molecule has 0 radical (unpaired) electrons. The summed E-state index contributed by atoms with van der Waals surface area (Å²) in [5.74, 6) is 0. The lowest BCUT2D eigenvalue weighted by Gasteiger charge is -2.24. The van der Waals surface area contributed by atoms with Crippen molar-refractivity contribution in [3.05, 3.63) is 57.3 Å². The first-order valence-corrected chi connectivity index (χ1v) is 7.54. The quantitative estimate of drug-likeness (QED) is 0.919. The maximum Gasteiger partial charge on any atom is 0.0995 e. The highest BCUT2D eigenvalue weighted by molar-refractivity contribution is 7.10. The lowest BCUT2D eigenvalue weighted by atomic mass is 9.94. The van der Waals surface area contributed by atoms with Gasteiger partial charge in [0.05, 0.1) is 11.6 Å². The zero-order valence-corrected chi connectivity index (χ0v) is 11.5. The molecule has 0 spiro atoms. The first-order valence-electron chi connectivity index (χ1n) is 6.66. The van der Waals surface area contributed by atoms with Gasteiger partial charge in [0.2, 0.25) is 0 Å². The summed E-state index contributed by atoms with van der Waals surface area (Å²) in [4.78, 5) is 1.53. The maximum atomic E-state index is 9.10. The molecule has 3 rings (SSSR count). The first kappa shape index (κ1) is 12.4. The average molecular weight is 268 g/mol. The van der Waals surface area contributed by atoms with Gasteiger partial charge < -0.3 is 5.32 Å². The molecule has 1 atom stereocenters. The van der Waals surface area contributed by atoms with E-state index < -0.39 is 0 Å². The predicted octanol–water partition coefficient (Wildman–Crippen LogP) is 3.79. The molecule has 1 aromatic heterocycles. The molecule has 0 aliphatic heterocycles. The second-order valence-corrected chi connectivity index (χ2v) is 5.89. The van der Waals surface area contributed by atoms with Crippen molar-refractivity contribution in [1.29, 1.82) is 5.26 Å². The molecule has 2 nitrogen and oxygen atoms in total. The second kappa shape index (κ2) is 5.56. The van der Waals surface area contributed by atoms with Crippen LogP contribution in [0.4, 0.5) is 0 Å². The number of benzene rings is 1. The van der Waals surface area contributed by atoms with Crippen LogP contribution in [0.1, 0.15) is 40.5 Å². The van der Waals surface area contributed by atoms with Crippen LogP contribution in [0.3, 0.4) is 0 Å². The van der Waals surface area contributed by atoms with Crippen LogP contribution in [0.15, 0.2) is 35.7 Å². The topological polar surface area (TPSA) is 35.8 Å². The largest absolute Gasteiger partial charge is 0.306 e. The molecule has 19 heavy (non-hydrogen) atoms. The smallest absolute Gasteiger partial charge is 0.0995 e. The molecule has 1 N–H and O–H groups in total. The van der Waals surface area contributed by atoms with E-state index in [2.05, 4.69) is 22.8 Å². The SMILES string of the molecule is N#Cc1ccccc1CNC1CCCc2sccc21. The van der Waals surface area contributed by atoms with Crippen LogP contribution in [-0.4, -0.2) is 0 Å². The van der Waals surface area contributed by atoms with Crippen molar-refractivity contribution in [2.24, 2.45) is 0 Å². The summed E-state index contributed by atoms with van der Waals surface area (Å²) in [7, 11) is 0. The van der Waals surface area contributed by atoms with Crippen molar-refractivity contribution in [1.82, 2.24) is 5.32 Å².